The smallest absolute Gasteiger partial charge is 0.317 e. The molecule has 2 N–H and O–H groups in total. The molecular weight excluding hydrogens is 264 g/mol. The summed E-state index contributed by atoms with van der Waals surface area (Å²) >= 11 is 0. The fourth-order valence-electron chi connectivity index (χ4n) is 2.47. The summed E-state index contributed by atoms with van der Waals surface area (Å²) in [5.74, 6) is 0.299. The average Bonchev–Trinajstić information content (AvgIpc) is 2.45. The van der Waals surface area contributed by atoms with Gasteiger partial charge in [-0.05, 0) is 30.4 Å². The number of urea groups is 1. The van der Waals surface area contributed by atoms with Gasteiger partial charge in [-0.1, -0.05) is 45.0 Å². The van der Waals surface area contributed by atoms with Crippen LogP contribution in [-0.4, -0.2) is 35.7 Å². The molecule has 0 saturated heterocycles. The van der Waals surface area contributed by atoms with Gasteiger partial charge in [0.15, 0.2) is 0 Å². The molecule has 1 aromatic rings. The Hall–Kier alpha value is -1.55. The lowest BCUT2D eigenvalue weighted by atomic mass is 9.93. The lowest BCUT2D eigenvalue weighted by Gasteiger charge is -2.29. The maximum atomic E-state index is 12.4. The van der Waals surface area contributed by atoms with Crippen LogP contribution in [-0.2, 0) is 0 Å². The standard InChI is InChI=1S/C17H28N2O2/c1-5-10-19(11-12-20)17(21)18-16(13(2)3)15-9-7-6-8-14(15)4/h6-9,13,16,20H,5,10-12H2,1-4H3,(H,18,21). The van der Waals surface area contributed by atoms with Crippen LogP contribution in [0.25, 0.3) is 0 Å². The van der Waals surface area contributed by atoms with Crippen molar-refractivity contribution >= 4 is 6.03 Å². The molecule has 1 aromatic carbocycles. The van der Waals surface area contributed by atoms with Crippen LogP contribution >= 0.6 is 0 Å². The van der Waals surface area contributed by atoms with Crippen molar-refractivity contribution in [1.82, 2.24) is 10.2 Å². The van der Waals surface area contributed by atoms with E-state index in [0.29, 0.717) is 19.0 Å². The minimum Gasteiger partial charge on any atom is -0.395 e. The van der Waals surface area contributed by atoms with Gasteiger partial charge in [-0.3, -0.25) is 0 Å². The zero-order chi connectivity index (χ0) is 15.8. The molecule has 21 heavy (non-hydrogen) atoms. The van der Waals surface area contributed by atoms with Gasteiger partial charge in [0, 0.05) is 13.1 Å². The average molecular weight is 292 g/mol. The third kappa shape index (κ3) is 5.05. The van der Waals surface area contributed by atoms with Gasteiger partial charge in [0.25, 0.3) is 0 Å². The topological polar surface area (TPSA) is 52.6 Å². The van der Waals surface area contributed by atoms with Crippen molar-refractivity contribution in [3.63, 3.8) is 0 Å². The Balaban J connectivity index is 2.88. The number of nitrogens with one attached hydrogen (secondary N) is 1. The van der Waals surface area contributed by atoms with Crippen LogP contribution in [0.5, 0.6) is 0 Å². The minimum absolute atomic E-state index is 0.00979. The number of aryl methyl sites for hydroxylation is 1. The first-order chi connectivity index (χ1) is 10.0. The minimum atomic E-state index is -0.104. The van der Waals surface area contributed by atoms with Crippen LogP contribution in [0.15, 0.2) is 24.3 Å². The summed E-state index contributed by atoms with van der Waals surface area (Å²) in [4.78, 5) is 14.1. The van der Waals surface area contributed by atoms with Gasteiger partial charge in [0.1, 0.15) is 0 Å². The highest BCUT2D eigenvalue weighted by Gasteiger charge is 2.22. The van der Waals surface area contributed by atoms with Crippen molar-refractivity contribution in [2.45, 2.75) is 40.2 Å². The second kappa shape index (κ2) is 8.67. The number of carbonyl (C=O) groups excluding carboxylic acids is 1. The van der Waals surface area contributed by atoms with E-state index in [1.165, 1.54) is 5.56 Å². The van der Waals surface area contributed by atoms with Crippen LogP contribution in [0, 0.1) is 12.8 Å². The highest BCUT2D eigenvalue weighted by Crippen LogP contribution is 2.24. The zero-order valence-corrected chi connectivity index (χ0v) is 13.6. The number of nitrogens with zero attached hydrogens (tertiary/aromatic N) is 1. The Bertz CT molecular complexity index is 440. The van der Waals surface area contributed by atoms with E-state index in [2.05, 4.69) is 38.2 Å². The number of carbonyl (C=O) groups is 1. The predicted octanol–water partition coefficient (Wildman–Crippen LogP) is 3.11. The van der Waals surface area contributed by atoms with E-state index in [-0.39, 0.29) is 18.7 Å². The summed E-state index contributed by atoms with van der Waals surface area (Å²) in [7, 11) is 0. The van der Waals surface area contributed by atoms with E-state index in [0.717, 1.165) is 12.0 Å². The number of hydrogen-bond donors (Lipinski definition) is 2. The highest BCUT2D eigenvalue weighted by atomic mass is 16.3. The van der Waals surface area contributed by atoms with E-state index in [1.54, 1.807) is 4.90 Å². The largest absolute Gasteiger partial charge is 0.395 e. The first-order valence-electron chi connectivity index (χ1n) is 7.73. The monoisotopic (exact) mass is 292 g/mol. The molecule has 2 amide bonds. The Morgan fingerprint density at radius 1 is 1.29 bits per heavy atom. The van der Waals surface area contributed by atoms with Crippen LogP contribution in [0.3, 0.4) is 0 Å². The quantitative estimate of drug-likeness (QED) is 0.811. The van der Waals surface area contributed by atoms with E-state index < -0.39 is 0 Å². The van der Waals surface area contributed by atoms with Gasteiger partial charge in [-0.15, -0.1) is 0 Å². The van der Waals surface area contributed by atoms with Crippen molar-refractivity contribution in [1.29, 1.82) is 0 Å². The number of benzene rings is 1. The number of aliphatic hydroxyl groups is 1. The Labute approximate surface area is 128 Å². The fraction of sp³-hybridized carbons (Fsp3) is 0.588. The molecule has 0 radical (unpaired) electrons. The van der Waals surface area contributed by atoms with Crippen LogP contribution in [0.2, 0.25) is 0 Å². The Kier molecular flexibility index (Phi) is 7.23. The van der Waals surface area contributed by atoms with Crippen LogP contribution in [0.4, 0.5) is 4.79 Å². The van der Waals surface area contributed by atoms with Gasteiger partial charge < -0.3 is 15.3 Å². The third-order valence-corrected chi connectivity index (χ3v) is 3.62. The molecule has 0 bridgehead atoms. The van der Waals surface area contributed by atoms with E-state index >= 15 is 0 Å². The molecule has 1 atom stereocenters. The number of hydrogen-bond acceptors (Lipinski definition) is 2. The van der Waals surface area contributed by atoms with Crippen LogP contribution < -0.4 is 5.32 Å². The Morgan fingerprint density at radius 2 is 1.95 bits per heavy atom. The Morgan fingerprint density at radius 3 is 2.48 bits per heavy atom. The van der Waals surface area contributed by atoms with Gasteiger partial charge >= 0.3 is 6.03 Å². The molecule has 1 unspecified atom stereocenters. The second-order valence-electron chi connectivity index (χ2n) is 5.74. The highest BCUT2D eigenvalue weighted by molar-refractivity contribution is 5.74. The summed E-state index contributed by atoms with van der Waals surface area (Å²) in [6.07, 6.45) is 0.879. The molecule has 0 spiro atoms. The molecular formula is C17H28N2O2. The summed E-state index contributed by atoms with van der Waals surface area (Å²) in [5.41, 5.74) is 2.34. The number of amides is 2. The zero-order valence-electron chi connectivity index (χ0n) is 13.6. The molecule has 118 valence electrons. The first-order valence-corrected chi connectivity index (χ1v) is 7.73. The summed E-state index contributed by atoms with van der Waals surface area (Å²) in [6.45, 7) is 9.32. The van der Waals surface area contributed by atoms with Gasteiger partial charge in [0.05, 0.1) is 12.6 Å². The first kappa shape index (κ1) is 17.5. The lowest BCUT2D eigenvalue weighted by Crippen LogP contribution is -2.44. The van der Waals surface area contributed by atoms with Gasteiger partial charge in [-0.2, -0.15) is 0 Å². The normalized spacial score (nSPS) is 12.3. The molecule has 0 aliphatic heterocycles. The van der Waals surface area contributed by atoms with Crippen molar-refractivity contribution in [2.75, 3.05) is 19.7 Å². The van der Waals surface area contributed by atoms with Crippen molar-refractivity contribution in [3.8, 4) is 0 Å². The molecule has 0 aliphatic carbocycles. The van der Waals surface area contributed by atoms with Crippen LogP contribution in [0.1, 0.15) is 44.4 Å². The molecule has 4 nitrogen and oxygen atoms in total. The molecule has 0 aliphatic rings. The third-order valence-electron chi connectivity index (χ3n) is 3.62. The SMILES string of the molecule is CCCN(CCO)C(=O)NC(c1ccccc1C)C(C)C. The maximum Gasteiger partial charge on any atom is 0.317 e. The maximum absolute atomic E-state index is 12.4. The molecule has 0 saturated carbocycles. The van der Waals surface area contributed by atoms with Crippen molar-refractivity contribution < 1.29 is 9.90 Å². The number of rotatable bonds is 7. The number of aliphatic hydroxyl groups excluding tert-OH is 1. The summed E-state index contributed by atoms with van der Waals surface area (Å²) in [5, 5.41) is 12.2. The lowest BCUT2D eigenvalue weighted by molar-refractivity contribution is 0.171. The molecule has 0 fully saturated rings. The fourth-order valence-corrected chi connectivity index (χ4v) is 2.47. The predicted molar refractivity (Wildman–Crippen MR) is 86.2 cm³/mol. The van der Waals surface area contributed by atoms with Gasteiger partial charge in [-0.25, -0.2) is 4.79 Å². The van der Waals surface area contributed by atoms with Crippen molar-refractivity contribution in [2.24, 2.45) is 5.92 Å². The van der Waals surface area contributed by atoms with Crippen molar-refractivity contribution in [3.05, 3.63) is 35.4 Å². The van der Waals surface area contributed by atoms with E-state index in [4.69, 9.17) is 5.11 Å². The molecule has 1 rings (SSSR count). The van der Waals surface area contributed by atoms with Gasteiger partial charge in [0.2, 0.25) is 0 Å². The van der Waals surface area contributed by atoms with E-state index in [1.807, 2.05) is 19.1 Å². The van der Waals surface area contributed by atoms with E-state index in [9.17, 15) is 4.79 Å². The molecule has 0 aromatic heterocycles. The summed E-state index contributed by atoms with van der Waals surface area (Å²) in [6, 6.07) is 8.02. The second-order valence-corrected chi connectivity index (χ2v) is 5.74. The molecule has 4 heteroatoms. The summed E-state index contributed by atoms with van der Waals surface area (Å²) < 4.78 is 0. The molecule has 0 heterocycles.